The first-order valence-electron chi connectivity index (χ1n) is 7.61. The highest BCUT2D eigenvalue weighted by Gasteiger charge is 2.35. The van der Waals surface area contributed by atoms with E-state index in [4.69, 9.17) is 0 Å². The van der Waals surface area contributed by atoms with Crippen LogP contribution in [0, 0.1) is 0 Å². The van der Waals surface area contributed by atoms with Gasteiger partial charge < -0.3 is 10.6 Å². The van der Waals surface area contributed by atoms with Gasteiger partial charge in [-0.1, -0.05) is 6.07 Å². The second-order valence-electron chi connectivity index (χ2n) is 5.79. The highest BCUT2D eigenvalue weighted by molar-refractivity contribution is 7.89. The summed E-state index contributed by atoms with van der Waals surface area (Å²) < 4.78 is 27.3. The lowest BCUT2D eigenvalue weighted by Gasteiger charge is -2.25. The number of sulfonamides is 1. The van der Waals surface area contributed by atoms with Crippen molar-refractivity contribution in [3.05, 3.63) is 29.3 Å². The number of hydrogen-bond donors (Lipinski definition) is 2. The van der Waals surface area contributed by atoms with Gasteiger partial charge in [-0.25, -0.2) is 8.42 Å². The maximum Gasteiger partial charge on any atom is 0.251 e. The van der Waals surface area contributed by atoms with E-state index in [1.54, 1.807) is 16.4 Å². The van der Waals surface area contributed by atoms with Crippen molar-refractivity contribution in [3.8, 4) is 0 Å². The van der Waals surface area contributed by atoms with Crippen LogP contribution in [0.1, 0.15) is 28.8 Å². The van der Waals surface area contributed by atoms with E-state index in [0.717, 1.165) is 24.8 Å². The number of amides is 1. The molecule has 1 atom stereocenters. The Morgan fingerprint density at radius 2 is 2.23 bits per heavy atom. The maximum absolute atomic E-state index is 12.9. The largest absolute Gasteiger partial charge is 0.352 e. The van der Waals surface area contributed by atoms with Crippen LogP contribution in [0.4, 0.5) is 0 Å². The van der Waals surface area contributed by atoms with Gasteiger partial charge in [0.15, 0.2) is 0 Å². The fourth-order valence-corrected chi connectivity index (χ4v) is 4.97. The molecule has 0 unspecified atom stereocenters. The number of benzene rings is 1. The Balaban J connectivity index is 1.96. The fraction of sp³-hybridized carbons (Fsp3) is 0.533. The van der Waals surface area contributed by atoms with E-state index in [1.807, 2.05) is 7.05 Å². The highest BCUT2D eigenvalue weighted by Crippen LogP contribution is 2.27. The summed E-state index contributed by atoms with van der Waals surface area (Å²) in [6.45, 7) is 1.79. The lowest BCUT2D eigenvalue weighted by Crippen LogP contribution is -2.41. The second kappa shape index (κ2) is 5.98. The first-order chi connectivity index (χ1) is 10.5. The van der Waals surface area contributed by atoms with Gasteiger partial charge in [0.05, 0.1) is 4.90 Å². The molecule has 0 saturated carbocycles. The van der Waals surface area contributed by atoms with Crippen LogP contribution in [0.3, 0.4) is 0 Å². The molecule has 1 amide bonds. The molecular formula is C15H21N3O3S. The van der Waals surface area contributed by atoms with Gasteiger partial charge in [0.25, 0.3) is 5.91 Å². The predicted molar refractivity (Wildman–Crippen MR) is 83.3 cm³/mol. The molecule has 0 spiro atoms. The van der Waals surface area contributed by atoms with Crippen molar-refractivity contribution >= 4 is 15.9 Å². The van der Waals surface area contributed by atoms with Crippen LogP contribution in [0.25, 0.3) is 0 Å². The molecular weight excluding hydrogens is 302 g/mol. The molecule has 0 radical (unpaired) electrons. The molecule has 0 aromatic heterocycles. The van der Waals surface area contributed by atoms with E-state index in [0.29, 0.717) is 25.2 Å². The molecule has 2 aliphatic rings. The van der Waals surface area contributed by atoms with Crippen LogP contribution in [-0.2, 0) is 16.4 Å². The van der Waals surface area contributed by atoms with Crippen LogP contribution >= 0.6 is 0 Å². The third kappa shape index (κ3) is 2.64. The number of likely N-dealkylation sites (N-methyl/N-ethyl adjacent to an activating group) is 1. The molecule has 2 aliphatic heterocycles. The normalized spacial score (nSPS) is 22.4. The first kappa shape index (κ1) is 15.5. The fourth-order valence-electron chi connectivity index (χ4n) is 3.25. The summed E-state index contributed by atoms with van der Waals surface area (Å²) >= 11 is 0. The summed E-state index contributed by atoms with van der Waals surface area (Å²) in [7, 11) is -1.73. The van der Waals surface area contributed by atoms with Crippen molar-refractivity contribution in [2.24, 2.45) is 0 Å². The van der Waals surface area contributed by atoms with Gasteiger partial charge in [-0.2, -0.15) is 4.31 Å². The Hall–Kier alpha value is -1.44. The maximum atomic E-state index is 12.9. The van der Waals surface area contributed by atoms with Gasteiger partial charge in [0.1, 0.15) is 0 Å². The topological polar surface area (TPSA) is 78.5 Å². The van der Waals surface area contributed by atoms with Crippen molar-refractivity contribution in [1.29, 1.82) is 0 Å². The summed E-state index contributed by atoms with van der Waals surface area (Å²) in [5.74, 6) is -0.188. The van der Waals surface area contributed by atoms with Crippen molar-refractivity contribution in [1.82, 2.24) is 14.9 Å². The van der Waals surface area contributed by atoms with E-state index in [2.05, 4.69) is 10.6 Å². The Morgan fingerprint density at radius 1 is 1.41 bits per heavy atom. The number of fused-ring (bicyclic) bond motifs is 1. The third-order valence-electron chi connectivity index (χ3n) is 4.38. The zero-order valence-electron chi connectivity index (χ0n) is 12.6. The molecule has 1 fully saturated rings. The summed E-state index contributed by atoms with van der Waals surface area (Å²) in [4.78, 5) is 12.1. The van der Waals surface area contributed by atoms with Gasteiger partial charge in [0.2, 0.25) is 10.0 Å². The van der Waals surface area contributed by atoms with Gasteiger partial charge in [-0.15, -0.1) is 0 Å². The molecule has 1 aromatic rings. The molecule has 0 aliphatic carbocycles. The zero-order chi connectivity index (χ0) is 15.7. The summed E-state index contributed by atoms with van der Waals surface area (Å²) in [5, 5.41) is 5.81. The van der Waals surface area contributed by atoms with E-state index in [-0.39, 0.29) is 16.8 Å². The number of carbonyl (C=O) groups excluding carboxylic acids is 1. The molecule has 3 rings (SSSR count). The number of rotatable bonds is 4. The average Bonchev–Trinajstić information content (AvgIpc) is 2.97. The lowest BCUT2D eigenvalue weighted by molar-refractivity contribution is 0.0945. The van der Waals surface area contributed by atoms with Gasteiger partial charge in [0, 0.05) is 31.2 Å². The third-order valence-corrected chi connectivity index (χ3v) is 6.32. The Morgan fingerprint density at radius 3 is 3.00 bits per heavy atom. The molecule has 0 bridgehead atoms. The van der Waals surface area contributed by atoms with Crippen LogP contribution in [0.2, 0.25) is 0 Å². The van der Waals surface area contributed by atoms with Crippen molar-refractivity contribution in [3.63, 3.8) is 0 Å². The number of nitrogens with one attached hydrogen (secondary N) is 2. The zero-order valence-corrected chi connectivity index (χ0v) is 13.4. The summed E-state index contributed by atoms with van der Waals surface area (Å²) in [6.07, 6.45) is 2.48. The van der Waals surface area contributed by atoms with Crippen LogP contribution in [0.5, 0.6) is 0 Å². The molecule has 2 N–H and O–H groups in total. The monoisotopic (exact) mass is 323 g/mol. The predicted octanol–water partition coefficient (Wildman–Crippen LogP) is 0.345. The molecule has 1 saturated heterocycles. The summed E-state index contributed by atoms with van der Waals surface area (Å²) in [6, 6.07) is 4.90. The van der Waals surface area contributed by atoms with E-state index in [1.165, 1.54) is 6.07 Å². The standard InChI is InChI=1S/C15H21N3O3S/c1-16-10-12-3-2-8-18(12)22(20,21)13-5-4-11-6-7-17-15(19)14(11)9-13/h4-5,9,12,16H,2-3,6-8,10H2,1H3,(H,17,19)/t12-/m1/s1. The quantitative estimate of drug-likeness (QED) is 0.838. The summed E-state index contributed by atoms with van der Waals surface area (Å²) in [5.41, 5.74) is 1.40. The number of hydrogen-bond acceptors (Lipinski definition) is 4. The number of nitrogens with zero attached hydrogens (tertiary/aromatic N) is 1. The molecule has 120 valence electrons. The minimum atomic E-state index is -3.55. The average molecular weight is 323 g/mol. The molecule has 1 aromatic carbocycles. The molecule has 2 heterocycles. The molecule has 22 heavy (non-hydrogen) atoms. The van der Waals surface area contributed by atoms with Gasteiger partial charge >= 0.3 is 0 Å². The molecule has 7 heteroatoms. The lowest BCUT2D eigenvalue weighted by atomic mass is 10.0. The van der Waals surface area contributed by atoms with E-state index < -0.39 is 10.0 Å². The van der Waals surface area contributed by atoms with Crippen LogP contribution in [-0.4, -0.2) is 51.4 Å². The van der Waals surface area contributed by atoms with Gasteiger partial charge in [-0.05, 0) is 44.0 Å². The highest BCUT2D eigenvalue weighted by atomic mass is 32.2. The minimum absolute atomic E-state index is 0.0140. The smallest absolute Gasteiger partial charge is 0.251 e. The van der Waals surface area contributed by atoms with Crippen LogP contribution in [0.15, 0.2) is 23.1 Å². The Bertz CT molecular complexity index is 687. The van der Waals surface area contributed by atoms with Crippen molar-refractivity contribution in [2.75, 3.05) is 26.7 Å². The van der Waals surface area contributed by atoms with E-state index in [9.17, 15) is 13.2 Å². The first-order valence-corrected chi connectivity index (χ1v) is 9.05. The number of carbonyl (C=O) groups is 1. The second-order valence-corrected chi connectivity index (χ2v) is 7.68. The van der Waals surface area contributed by atoms with Crippen LogP contribution < -0.4 is 10.6 Å². The van der Waals surface area contributed by atoms with Gasteiger partial charge in [-0.3, -0.25) is 4.79 Å². The Kier molecular flexibility index (Phi) is 4.20. The minimum Gasteiger partial charge on any atom is -0.352 e. The van der Waals surface area contributed by atoms with Crippen molar-refractivity contribution in [2.45, 2.75) is 30.2 Å². The molecule has 6 nitrogen and oxygen atoms in total. The Labute approximate surface area is 130 Å². The SMILES string of the molecule is CNC[C@H]1CCCN1S(=O)(=O)c1ccc2c(c1)C(=O)NCC2. The van der Waals surface area contributed by atoms with E-state index >= 15 is 0 Å². The van der Waals surface area contributed by atoms with Crippen molar-refractivity contribution < 1.29 is 13.2 Å².